The summed E-state index contributed by atoms with van der Waals surface area (Å²) >= 11 is 0. The van der Waals surface area contributed by atoms with Crippen molar-refractivity contribution in [3.05, 3.63) is 36.3 Å². The maximum absolute atomic E-state index is 12.5. The molecule has 1 fully saturated rings. The molecular weight excluding hydrogens is 276 g/mol. The van der Waals surface area contributed by atoms with Crippen LogP contribution in [0.4, 0.5) is 8.78 Å². The van der Waals surface area contributed by atoms with Crippen molar-refractivity contribution in [2.75, 3.05) is 6.54 Å². The highest BCUT2D eigenvalue weighted by Crippen LogP contribution is 2.31. The fraction of sp³-hybridized carbons (Fsp3) is 0.400. The van der Waals surface area contributed by atoms with Crippen molar-refractivity contribution in [2.24, 2.45) is 0 Å². The van der Waals surface area contributed by atoms with Gasteiger partial charge in [-0.25, -0.2) is 4.98 Å². The number of para-hydroxylation sites is 1. The van der Waals surface area contributed by atoms with Gasteiger partial charge in [0.15, 0.2) is 0 Å². The van der Waals surface area contributed by atoms with Gasteiger partial charge in [-0.2, -0.15) is 8.78 Å². The second kappa shape index (κ2) is 6.22. The van der Waals surface area contributed by atoms with E-state index in [1.54, 1.807) is 24.4 Å². The first-order valence-corrected chi connectivity index (χ1v) is 7.06. The van der Waals surface area contributed by atoms with E-state index in [4.69, 9.17) is 0 Å². The molecule has 1 aromatic heterocycles. The zero-order valence-corrected chi connectivity index (χ0v) is 11.5. The van der Waals surface area contributed by atoms with Crippen LogP contribution in [0, 0.1) is 0 Å². The molecule has 1 aliphatic rings. The molecule has 0 radical (unpaired) electrons. The maximum atomic E-state index is 12.5. The van der Waals surface area contributed by atoms with Crippen LogP contribution in [-0.2, 0) is 0 Å². The minimum Gasteiger partial charge on any atom is -0.434 e. The van der Waals surface area contributed by atoms with E-state index in [9.17, 15) is 8.78 Å². The van der Waals surface area contributed by atoms with Crippen LogP contribution in [0.25, 0.3) is 11.3 Å². The molecule has 4 nitrogen and oxygen atoms in total. The third-order valence-corrected chi connectivity index (χ3v) is 3.63. The summed E-state index contributed by atoms with van der Waals surface area (Å²) in [5.74, 6) is 0.996. The highest BCUT2D eigenvalue weighted by atomic mass is 19.3. The standard InChI is InChI=1S/C15H17F2N3O/c16-15(17)21-13-7-2-1-5-10(13)12-9-19-14(20-12)11-6-3-4-8-18-11/h1-2,5,7,9,11,15,18H,3-4,6,8H2,(H,19,20). The van der Waals surface area contributed by atoms with E-state index in [0.29, 0.717) is 11.3 Å². The van der Waals surface area contributed by atoms with Crippen LogP contribution < -0.4 is 10.1 Å². The van der Waals surface area contributed by atoms with E-state index >= 15 is 0 Å². The minimum atomic E-state index is -2.84. The fourth-order valence-corrected chi connectivity index (χ4v) is 2.62. The molecule has 0 saturated carbocycles. The summed E-state index contributed by atoms with van der Waals surface area (Å²) in [5, 5.41) is 3.40. The molecule has 1 saturated heterocycles. The van der Waals surface area contributed by atoms with Gasteiger partial charge in [-0.3, -0.25) is 0 Å². The van der Waals surface area contributed by atoms with Crippen LogP contribution in [0.2, 0.25) is 0 Å². The Bertz CT molecular complexity index is 594. The van der Waals surface area contributed by atoms with E-state index in [2.05, 4.69) is 20.0 Å². The van der Waals surface area contributed by atoms with E-state index in [1.807, 2.05) is 0 Å². The predicted molar refractivity (Wildman–Crippen MR) is 75.3 cm³/mol. The molecule has 3 rings (SSSR count). The molecule has 0 amide bonds. The van der Waals surface area contributed by atoms with Crippen LogP contribution in [-0.4, -0.2) is 23.1 Å². The molecule has 2 aromatic rings. The summed E-state index contributed by atoms with van der Waals surface area (Å²) in [6, 6.07) is 6.92. The molecule has 0 bridgehead atoms. The normalized spacial score (nSPS) is 18.9. The fourth-order valence-electron chi connectivity index (χ4n) is 2.62. The van der Waals surface area contributed by atoms with Gasteiger partial charge < -0.3 is 15.0 Å². The van der Waals surface area contributed by atoms with E-state index in [0.717, 1.165) is 18.8 Å². The number of hydrogen-bond donors (Lipinski definition) is 2. The monoisotopic (exact) mass is 293 g/mol. The summed E-state index contributed by atoms with van der Waals surface area (Å²) in [4.78, 5) is 7.59. The third kappa shape index (κ3) is 3.21. The molecule has 1 aromatic carbocycles. The Balaban J connectivity index is 1.85. The second-order valence-corrected chi connectivity index (χ2v) is 5.06. The highest BCUT2D eigenvalue weighted by molar-refractivity contribution is 5.66. The number of hydrogen-bond acceptors (Lipinski definition) is 3. The molecule has 112 valence electrons. The van der Waals surface area contributed by atoms with Gasteiger partial charge in [-0.05, 0) is 31.5 Å². The number of benzene rings is 1. The van der Waals surface area contributed by atoms with Gasteiger partial charge in [-0.1, -0.05) is 18.6 Å². The van der Waals surface area contributed by atoms with E-state index < -0.39 is 6.61 Å². The van der Waals surface area contributed by atoms with Crippen molar-refractivity contribution < 1.29 is 13.5 Å². The Morgan fingerprint density at radius 3 is 2.86 bits per heavy atom. The molecule has 0 spiro atoms. The van der Waals surface area contributed by atoms with Gasteiger partial charge >= 0.3 is 6.61 Å². The van der Waals surface area contributed by atoms with Crippen molar-refractivity contribution in [1.29, 1.82) is 0 Å². The average Bonchev–Trinajstić information content (AvgIpc) is 2.98. The first kappa shape index (κ1) is 14.0. The molecule has 1 unspecified atom stereocenters. The number of halogens is 2. The topological polar surface area (TPSA) is 49.9 Å². The predicted octanol–water partition coefficient (Wildman–Crippen LogP) is 3.49. The SMILES string of the molecule is FC(F)Oc1ccccc1-c1cnc(C2CCCCN2)[nH]1. The number of ether oxygens (including phenoxy) is 1. The summed E-state index contributed by atoms with van der Waals surface area (Å²) < 4.78 is 29.5. The molecule has 0 aliphatic carbocycles. The van der Waals surface area contributed by atoms with Crippen molar-refractivity contribution in [2.45, 2.75) is 31.9 Å². The number of rotatable bonds is 4. The lowest BCUT2D eigenvalue weighted by Gasteiger charge is -2.21. The molecule has 1 atom stereocenters. The number of imidazole rings is 1. The Hall–Kier alpha value is -1.95. The van der Waals surface area contributed by atoms with Gasteiger partial charge in [0, 0.05) is 5.56 Å². The maximum Gasteiger partial charge on any atom is 0.387 e. The molecule has 1 aliphatic heterocycles. The Morgan fingerprint density at radius 2 is 2.10 bits per heavy atom. The number of nitrogens with one attached hydrogen (secondary N) is 2. The third-order valence-electron chi connectivity index (χ3n) is 3.63. The first-order chi connectivity index (χ1) is 10.2. The van der Waals surface area contributed by atoms with Crippen LogP contribution in [0.15, 0.2) is 30.5 Å². The van der Waals surface area contributed by atoms with Crippen LogP contribution in [0.1, 0.15) is 31.1 Å². The number of piperidine rings is 1. The first-order valence-electron chi connectivity index (χ1n) is 7.06. The number of H-pyrrole nitrogens is 1. The average molecular weight is 293 g/mol. The minimum absolute atomic E-state index is 0.152. The van der Waals surface area contributed by atoms with Crippen molar-refractivity contribution in [3.8, 4) is 17.0 Å². The van der Waals surface area contributed by atoms with Crippen LogP contribution >= 0.6 is 0 Å². The summed E-state index contributed by atoms with van der Waals surface area (Å²) in [6.45, 7) is -1.86. The summed E-state index contributed by atoms with van der Waals surface area (Å²) in [7, 11) is 0. The highest BCUT2D eigenvalue weighted by Gasteiger charge is 2.19. The van der Waals surface area contributed by atoms with Crippen LogP contribution in [0.3, 0.4) is 0 Å². The largest absolute Gasteiger partial charge is 0.434 e. The number of aromatic nitrogens is 2. The Labute approximate surface area is 121 Å². The summed E-state index contributed by atoms with van der Waals surface area (Å²) in [5.41, 5.74) is 1.28. The number of alkyl halides is 2. The number of aromatic amines is 1. The molecule has 2 N–H and O–H groups in total. The lowest BCUT2D eigenvalue weighted by Crippen LogP contribution is -2.27. The quantitative estimate of drug-likeness (QED) is 0.907. The van der Waals surface area contributed by atoms with Gasteiger partial charge in [0.2, 0.25) is 0 Å². The molecule has 2 heterocycles. The lowest BCUT2D eigenvalue weighted by molar-refractivity contribution is -0.0494. The van der Waals surface area contributed by atoms with Crippen molar-refractivity contribution >= 4 is 0 Å². The van der Waals surface area contributed by atoms with Gasteiger partial charge in [0.25, 0.3) is 0 Å². The summed E-state index contributed by atoms with van der Waals surface area (Å²) in [6.07, 6.45) is 5.04. The smallest absolute Gasteiger partial charge is 0.387 e. The molecule has 6 heteroatoms. The lowest BCUT2D eigenvalue weighted by atomic mass is 10.0. The number of nitrogens with zero attached hydrogens (tertiary/aromatic N) is 1. The van der Waals surface area contributed by atoms with E-state index in [1.165, 1.54) is 18.9 Å². The van der Waals surface area contributed by atoms with Crippen molar-refractivity contribution in [3.63, 3.8) is 0 Å². The van der Waals surface area contributed by atoms with Crippen molar-refractivity contribution in [1.82, 2.24) is 15.3 Å². The zero-order chi connectivity index (χ0) is 14.7. The molecular formula is C15H17F2N3O. The van der Waals surface area contributed by atoms with Crippen LogP contribution in [0.5, 0.6) is 5.75 Å². The zero-order valence-electron chi connectivity index (χ0n) is 11.5. The second-order valence-electron chi connectivity index (χ2n) is 5.06. The van der Waals surface area contributed by atoms with Gasteiger partial charge in [-0.15, -0.1) is 0 Å². The Morgan fingerprint density at radius 1 is 1.24 bits per heavy atom. The van der Waals surface area contributed by atoms with Gasteiger partial charge in [0.05, 0.1) is 17.9 Å². The Kier molecular flexibility index (Phi) is 4.15. The van der Waals surface area contributed by atoms with Gasteiger partial charge in [0.1, 0.15) is 11.6 Å². The van der Waals surface area contributed by atoms with E-state index in [-0.39, 0.29) is 11.8 Å². The molecule has 21 heavy (non-hydrogen) atoms.